The Morgan fingerprint density at radius 2 is 1.95 bits per heavy atom. The highest BCUT2D eigenvalue weighted by atomic mass is 16.5. The number of hydrogen-bond donors (Lipinski definition) is 2. The van der Waals surface area contributed by atoms with Gasteiger partial charge in [0.2, 0.25) is 11.9 Å². The number of rotatable bonds is 7. The van der Waals surface area contributed by atoms with Crippen molar-refractivity contribution in [3.05, 3.63) is 64.7 Å². The maximum Gasteiger partial charge on any atom is 0.274 e. The molecule has 6 rings (SSSR count). The molecule has 2 saturated carbocycles. The van der Waals surface area contributed by atoms with Crippen molar-refractivity contribution in [1.29, 1.82) is 5.26 Å². The van der Waals surface area contributed by atoms with Crippen LogP contribution in [0.3, 0.4) is 0 Å². The van der Waals surface area contributed by atoms with Crippen LogP contribution in [-0.4, -0.2) is 25.0 Å². The fraction of sp³-hybridized carbons (Fsp3) is 0.321. The minimum absolute atomic E-state index is 0.0216. The Balaban J connectivity index is 1.28. The van der Waals surface area contributed by atoms with Gasteiger partial charge in [-0.1, -0.05) is 0 Å². The lowest BCUT2D eigenvalue weighted by molar-refractivity contribution is -0.114. The quantitative estimate of drug-likeness (QED) is 0.360. The van der Waals surface area contributed by atoms with Gasteiger partial charge in [-0.15, -0.1) is 0 Å². The molecule has 10 nitrogen and oxygen atoms in total. The highest BCUT2D eigenvalue weighted by molar-refractivity contribution is 5.87. The first kappa shape index (κ1) is 23.7. The molecule has 192 valence electrons. The number of hydrogen-bond acceptors (Lipinski definition) is 7. The van der Waals surface area contributed by atoms with Gasteiger partial charge in [0.05, 0.1) is 23.0 Å². The summed E-state index contributed by atoms with van der Waals surface area (Å²) in [6, 6.07) is 13.2. The van der Waals surface area contributed by atoms with Crippen LogP contribution in [0.15, 0.2) is 53.6 Å². The molecule has 1 aromatic carbocycles. The van der Waals surface area contributed by atoms with E-state index in [9.17, 15) is 14.9 Å². The zero-order chi connectivity index (χ0) is 26.4. The van der Waals surface area contributed by atoms with Gasteiger partial charge < -0.3 is 24.5 Å². The first-order valence-electron chi connectivity index (χ1n) is 12.7. The Morgan fingerprint density at radius 1 is 1.16 bits per heavy atom. The van der Waals surface area contributed by atoms with Crippen LogP contribution in [0.4, 0.5) is 17.5 Å². The molecule has 0 atom stereocenters. The van der Waals surface area contributed by atoms with E-state index in [4.69, 9.17) is 9.72 Å². The Hall–Kier alpha value is -4.65. The van der Waals surface area contributed by atoms with Gasteiger partial charge in [-0.25, -0.2) is 9.97 Å². The molecule has 0 saturated heterocycles. The van der Waals surface area contributed by atoms with Crippen LogP contribution in [0.25, 0.3) is 11.0 Å². The monoisotopic (exact) mass is 509 g/mol. The summed E-state index contributed by atoms with van der Waals surface area (Å²) in [5.74, 6) is 2.39. The van der Waals surface area contributed by atoms with Crippen molar-refractivity contribution < 1.29 is 9.53 Å². The summed E-state index contributed by atoms with van der Waals surface area (Å²) in [4.78, 5) is 33.6. The van der Waals surface area contributed by atoms with Crippen LogP contribution in [0.2, 0.25) is 0 Å². The zero-order valence-electron chi connectivity index (χ0n) is 21.1. The molecule has 0 bridgehead atoms. The number of anilines is 3. The van der Waals surface area contributed by atoms with Crippen LogP contribution in [0.1, 0.15) is 50.1 Å². The Labute approximate surface area is 218 Å². The molecule has 0 aliphatic heterocycles. The smallest absolute Gasteiger partial charge is 0.274 e. The summed E-state index contributed by atoms with van der Waals surface area (Å²) in [7, 11) is 1.88. The van der Waals surface area contributed by atoms with Gasteiger partial charge >= 0.3 is 0 Å². The topological polar surface area (TPSA) is 127 Å². The van der Waals surface area contributed by atoms with Gasteiger partial charge in [-0.05, 0) is 61.4 Å². The van der Waals surface area contributed by atoms with Gasteiger partial charge in [0.1, 0.15) is 23.0 Å². The lowest BCUT2D eigenvalue weighted by Crippen LogP contribution is -2.34. The second-order valence-corrected chi connectivity index (χ2v) is 10.1. The Kier molecular flexibility index (Phi) is 5.83. The lowest BCUT2D eigenvalue weighted by atomic mass is 9.81. The minimum Gasteiger partial charge on any atom is -0.457 e. The highest BCUT2D eigenvalue weighted by Gasteiger charge is 2.33. The van der Waals surface area contributed by atoms with Crippen molar-refractivity contribution in [2.45, 2.75) is 44.6 Å². The normalized spacial score (nSPS) is 18.4. The maximum atomic E-state index is 13.4. The van der Waals surface area contributed by atoms with E-state index < -0.39 is 0 Å². The van der Waals surface area contributed by atoms with Gasteiger partial charge in [0.25, 0.3) is 5.56 Å². The number of fused-ring (bicyclic) bond motifs is 1. The predicted octanol–water partition coefficient (Wildman–Crippen LogP) is 4.98. The molecular weight excluding hydrogens is 482 g/mol. The van der Waals surface area contributed by atoms with Crippen molar-refractivity contribution in [2.24, 2.45) is 13.0 Å². The number of nitriles is 1. The van der Waals surface area contributed by atoms with Crippen molar-refractivity contribution in [3.8, 4) is 17.6 Å². The molecule has 3 aromatic heterocycles. The van der Waals surface area contributed by atoms with Crippen LogP contribution in [0, 0.1) is 17.2 Å². The lowest BCUT2D eigenvalue weighted by Gasteiger charge is -2.32. The van der Waals surface area contributed by atoms with E-state index in [2.05, 4.69) is 21.7 Å². The van der Waals surface area contributed by atoms with E-state index in [1.54, 1.807) is 18.3 Å². The average Bonchev–Trinajstić information content (AvgIpc) is 3.66. The number of aryl methyl sites for hydroxylation is 1. The van der Waals surface area contributed by atoms with Crippen LogP contribution >= 0.6 is 0 Å². The second-order valence-electron chi connectivity index (χ2n) is 10.1. The number of aromatic nitrogens is 4. The summed E-state index contributed by atoms with van der Waals surface area (Å²) < 4.78 is 9.71. The van der Waals surface area contributed by atoms with E-state index in [1.807, 2.05) is 46.6 Å². The zero-order valence-corrected chi connectivity index (χ0v) is 21.1. The molecule has 2 fully saturated rings. The number of imidazole rings is 1. The first-order valence-corrected chi connectivity index (χ1v) is 12.7. The number of ether oxygens (including phenoxy) is 1. The first-order chi connectivity index (χ1) is 18.4. The SMILES string of the molecule is CC(=O)Nc1cc(Oc2ccc3nc(Nc4cc(C5CC5)cn(C5CC(C#N)C5)c4=O)n(C)c3c2)ccn1. The molecule has 2 aliphatic carbocycles. The number of nitrogens with zero attached hydrogens (tertiary/aromatic N) is 5. The van der Waals surface area contributed by atoms with E-state index in [0.29, 0.717) is 47.7 Å². The van der Waals surface area contributed by atoms with Crippen molar-refractivity contribution >= 4 is 34.4 Å². The fourth-order valence-electron chi connectivity index (χ4n) is 4.87. The predicted molar refractivity (Wildman–Crippen MR) is 143 cm³/mol. The number of amides is 1. The third kappa shape index (κ3) is 4.59. The molecule has 2 N–H and O–H groups in total. The number of benzene rings is 1. The number of pyridine rings is 2. The molecule has 4 aromatic rings. The molecule has 38 heavy (non-hydrogen) atoms. The van der Waals surface area contributed by atoms with Gasteiger partial charge in [-0.3, -0.25) is 9.59 Å². The second kappa shape index (κ2) is 9.34. The van der Waals surface area contributed by atoms with Crippen molar-refractivity contribution in [1.82, 2.24) is 19.1 Å². The number of nitrogens with one attached hydrogen (secondary N) is 2. The summed E-state index contributed by atoms with van der Waals surface area (Å²) in [6.45, 7) is 1.42. The van der Waals surface area contributed by atoms with Gasteiger partial charge in [-0.2, -0.15) is 5.26 Å². The highest BCUT2D eigenvalue weighted by Crippen LogP contribution is 2.42. The molecule has 0 spiro atoms. The van der Waals surface area contributed by atoms with Gasteiger partial charge in [0.15, 0.2) is 0 Å². The molecule has 0 radical (unpaired) electrons. The molecule has 3 heterocycles. The number of carbonyl (C=O) groups is 1. The Bertz CT molecular complexity index is 1660. The molecule has 1 amide bonds. The summed E-state index contributed by atoms with van der Waals surface area (Å²) in [5, 5.41) is 15.1. The van der Waals surface area contributed by atoms with Crippen LogP contribution in [0.5, 0.6) is 11.5 Å². The maximum absolute atomic E-state index is 13.4. The van der Waals surface area contributed by atoms with Crippen LogP contribution < -0.4 is 20.9 Å². The van der Waals surface area contributed by atoms with E-state index in [-0.39, 0.29) is 23.4 Å². The van der Waals surface area contributed by atoms with Gasteiger partial charge in [0, 0.05) is 44.5 Å². The Morgan fingerprint density at radius 3 is 2.68 bits per heavy atom. The fourth-order valence-corrected chi connectivity index (χ4v) is 4.87. The average molecular weight is 510 g/mol. The standard InChI is InChI=1S/C28H27N7O3/c1-16(36)31-26-13-22(7-8-30-26)38-21-5-6-23-25(12-21)34(2)28(32-23)33-24-11-19(18-3-4-18)15-35(27(24)37)20-9-17(10-20)14-29/h5-8,11-13,15,17-18,20H,3-4,9-10H2,1-2H3,(H,32,33)(H,30,31,36). The van der Waals surface area contributed by atoms with Crippen molar-refractivity contribution in [2.75, 3.05) is 10.6 Å². The minimum atomic E-state index is -0.209. The van der Waals surface area contributed by atoms with Crippen molar-refractivity contribution in [3.63, 3.8) is 0 Å². The summed E-state index contributed by atoms with van der Waals surface area (Å²) in [6.07, 6.45) is 7.23. The molecule has 2 aliphatic rings. The largest absolute Gasteiger partial charge is 0.457 e. The molecular formula is C28H27N7O3. The molecule has 0 unspecified atom stereocenters. The van der Waals surface area contributed by atoms with E-state index in [1.165, 1.54) is 6.92 Å². The third-order valence-electron chi connectivity index (χ3n) is 7.17. The summed E-state index contributed by atoms with van der Waals surface area (Å²) >= 11 is 0. The molecule has 10 heteroatoms. The van der Waals surface area contributed by atoms with Crippen LogP contribution in [-0.2, 0) is 11.8 Å². The third-order valence-corrected chi connectivity index (χ3v) is 7.17. The van der Waals surface area contributed by atoms with E-state index >= 15 is 0 Å². The summed E-state index contributed by atoms with van der Waals surface area (Å²) in [5.41, 5.74) is 3.13. The number of carbonyl (C=O) groups excluding carboxylic acids is 1. The van der Waals surface area contributed by atoms with E-state index in [0.717, 1.165) is 29.4 Å².